The van der Waals surface area contributed by atoms with Crippen LogP contribution in [0.15, 0.2) is 59.2 Å². The van der Waals surface area contributed by atoms with Crippen molar-refractivity contribution in [1.82, 2.24) is 20.2 Å². The first-order valence-electron chi connectivity index (χ1n) is 8.25. The summed E-state index contributed by atoms with van der Waals surface area (Å²) in [5, 5.41) is 21.5. The van der Waals surface area contributed by atoms with Crippen LogP contribution in [-0.4, -0.2) is 30.2 Å². The monoisotopic (exact) mass is 411 g/mol. The summed E-state index contributed by atoms with van der Waals surface area (Å²) in [7, 11) is -2.72. The molecule has 0 aliphatic rings. The van der Waals surface area contributed by atoms with E-state index in [2.05, 4.69) is 36.7 Å². The van der Waals surface area contributed by atoms with Gasteiger partial charge in [0.15, 0.2) is 0 Å². The number of nitrogens with zero attached hydrogens (tertiary/aromatic N) is 4. The van der Waals surface area contributed by atoms with E-state index in [-0.39, 0.29) is 0 Å². The summed E-state index contributed by atoms with van der Waals surface area (Å²) in [5.41, 5.74) is 4.31. The minimum absolute atomic E-state index is 0.533. The van der Waals surface area contributed by atoms with Crippen molar-refractivity contribution in [2.24, 2.45) is 5.14 Å². The van der Waals surface area contributed by atoms with Gasteiger partial charge in [-0.3, -0.25) is 5.14 Å². The highest BCUT2D eigenvalue weighted by Crippen LogP contribution is 2.26. The minimum atomic E-state index is -2.72. The van der Waals surface area contributed by atoms with Gasteiger partial charge < -0.3 is 10.6 Å². The quantitative estimate of drug-likeness (QED) is 0.417. The predicted octanol–water partition coefficient (Wildman–Crippen LogP) is 2.79. The van der Waals surface area contributed by atoms with E-state index in [4.69, 9.17) is 5.14 Å². The summed E-state index contributed by atoms with van der Waals surface area (Å²) in [6, 6.07) is 13.1. The van der Waals surface area contributed by atoms with Gasteiger partial charge in [0, 0.05) is 22.5 Å². The fourth-order valence-corrected chi connectivity index (χ4v) is 3.77. The summed E-state index contributed by atoms with van der Waals surface area (Å²) in [6.07, 6.45) is 1.51. The third-order valence-corrected chi connectivity index (χ3v) is 5.67. The Morgan fingerprint density at radius 2 is 2.07 bits per heavy atom. The lowest BCUT2D eigenvalue weighted by Crippen LogP contribution is -2.12. The van der Waals surface area contributed by atoms with Crippen LogP contribution in [-0.2, 0) is 16.3 Å². The molecule has 2 aromatic carbocycles. The van der Waals surface area contributed by atoms with E-state index in [1.807, 2.05) is 30.3 Å². The number of rotatable bonds is 6. The van der Waals surface area contributed by atoms with E-state index in [0.29, 0.717) is 22.4 Å². The standard InChI is InChI=1S/C18H17N7OS2/c1-28(19,26)14-4-2-3-12(7-14)9-20-13-5-6-15-16(8-13)21-10-22-17(15)24-18-25-23-11-27-18/h2-8,10-11,20H,1,9H2,(H2,19,26)(H,21,22,24,25). The Balaban J connectivity index is 1.54. The van der Waals surface area contributed by atoms with Crippen LogP contribution in [0.4, 0.5) is 16.6 Å². The molecule has 28 heavy (non-hydrogen) atoms. The summed E-state index contributed by atoms with van der Waals surface area (Å²) >= 11 is 1.40. The molecule has 0 spiro atoms. The van der Waals surface area contributed by atoms with Gasteiger partial charge in [0.2, 0.25) is 5.13 Å². The number of hydrogen-bond donors (Lipinski definition) is 3. The predicted molar refractivity (Wildman–Crippen MR) is 114 cm³/mol. The van der Waals surface area contributed by atoms with E-state index in [1.54, 1.807) is 17.6 Å². The summed E-state index contributed by atoms with van der Waals surface area (Å²) < 4.78 is 11.9. The number of nitrogens with two attached hydrogens (primary N) is 1. The fraction of sp³-hybridized carbons (Fsp3) is 0.0556. The number of aromatic nitrogens is 4. The highest BCUT2D eigenvalue weighted by Gasteiger charge is 2.07. The molecule has 4 rings (SSSR count). The van der Waals surface area contributed by atoms with Crippen LogP contribution in [0.3, 0.4) is 0 Å². The van der Waals surface area contributed by atoms with Crippen molar-refractivity contribution in [2.75, 3.05) is 10.6 Å². The van der Waals surface area contributed by atoms with Crippen molar-refractivity contribution in [1.29, 1.82) is 0 Å². The molecule has 0 saturated heterocycles. The number of anilines is 3. The molecule has 1 atom stereocenters. The van der Waals surface area contributed by atoms with Crippen molar-refractivity contribution in [2.45, 2.75) is 11.4 Å². The second-order valence-corrected chi connectivity index (χ2v) is 8.81. The van der Waals surface area contributed by atoms with Gasteiger partial charge in [-0.05, 0) is 41.8 Å². The average Bonchev–Trinajstić information content (AvgIpc) is 3.19. The van der Waals surface area contributed by atoms with Crippen molar-refractivity contribution >= 4 is 54.5 Å². The van der Waals surface area contributed by atoms with Gasteiger partial charge in [-0.25, -0.2) is 14.2 Å². The first kappa shape index (κ1) is 18.3. The molecule has 8 nitrogen and oxygen atoms in total. The number of hydrogen-bond acceptors (Lipinski definition) is 8. The lowest BCUT2D eigenvalue weighted by atomic mass is 10.2. The maximum Gasteiger partial charge on any atom is 0.211 e. The molecule has 4 N–H and O–H groups in total. The van der Waals surface area contributed by atoms with Gasteiger partial charge >= 0.3 is 0 Å². The molecule has 0 aliphatic carbocycles. The van der Waals surface area contributed by atoms with Crippen LogP contribution < -0.4 is 15.8 Å². The van der Waals surface area contributed by atoms with Gasteiger partial charge in [-0.1, -0.05) is 23.5 Å². The van der Waals surface area contributed by atoms with Crippen LogP contribution in [0.1, 0.15) is 5.56 Å². The smallest absolute Gasteiger partial charge is 0.211 e. The zero-order valence-corrected chi connectivity index (χ0v) is 16.3. The maximum atomic E-state index is 11.9. The van der Waals surface area contributed by atoms with Crippen LogP contribution in [0, 0.1) is 0 Å². The number of nitrogens with one attached hydrogen (secondary N) is 2. The second kappa shape index (κ2) is 7.50. The molecule has 0 fully saturated rings. The Morgan fingerprint density at radius 3 is 2.86 bits per heavy atom. The van der Waals surface area contributed by atoms with Gasteiger partial charge in [-0.15, -0.1) is 10.2 Å². The Morgan fingerprint density at radius 1 is 1.18 bits per heavy atom. The lowest BCUT2D eigenvalue weighted by Gasteiger charge is -2.10. The van der Waals surface area contributed by atoms with Crippen molar-refractivity contribution < 1.29 is 4.21 Å². The molecule has 0 bridgehead atoms. The van der Waals surface area contributed by atoms with E-state index in [9.17, 15) is 4.21 Å². The lowest BCUT2D eigenvalue weighted by molar-refractivity contribution is 0.682. The molecular formula is C18H17N7OS2. The Labute approximate surface area is 166 Å². The highest BCUT2D eigenvalue weighted by atomic mass is 32.2. The Bertz CT molecular complexity index is 1220. The van der Waals surface area contributed by atoms with E-state index in [1.165, 1.54) is 17.7 Å². The average molecular weight is 412 g/mol. The molecule has 2 heterocycles. The molecule has 0 amide bonds. The Hall–Kier alpha value is -3.08. The normalized spacial score (nSPS) is 13.2. The molecule has 0 saturated carbocycles. The topological polar surface area (TPSA) is 119 Å². The number of benzene rings is 2. The Kier molecular flexibility index (Phi) is 4.90. The SMILES string of the molecule is C=S(N)(=O)c1cccc(CNc2ccc3c(Nc4nncs4)ncnc3c2)c1. The first-order chi connectivity index (χ1) is 13.5. The third-order valence-electron chi connectivity index (χ3n) is 4.02. The van der Waals surface area contributed by atoms with Crippen molar-refractivity contribution in [3.63, 3.8) is 0 Å². The molecule has 0 aliphatic heterocycles. The molecule has 1 unspecified atom stereocenters. The molecule has 142 valence electrons. The van der Waals surface area contributed by atoms with Gasteiger partial charge in [-0.2, -0.15) is 0 Å². The van der Waals surface area contributed by atoms with Crippen LogP contribution >= 0.6 is 11.3 Å². The first-order valence-corrected chi connectivity index (χ1v) is 10.9. The van der Waals surface area contributed by atoms with Gasteiger partial charge in [0.1, 0.15) is 17.7 Å². The zero-order valence-electron chi connectivity index (χ0n) is 14.7. The van der Waals surface area contributed by atoms with Gasteiger partial charge in [0.05, 0.1) is 15.2 Å². The largest absolute Gasteiger partial charge is 0.381 e. The van der Waals surface area contributed by atoms with E-state index in [0.717, 1.165) is 22.2 Å². The fourth-order valence-electron chi connectivity index (χ4n) is 2.67. The summed E-state index contributed by atoms with van der Waals surface area (Å²) in [4.78, 5) is 9.17. The molecular weight excluding hydrogens is 394 g/mol. The third kappa shape index (κ3) is 4.09. The summed E-state index contributed by atoms with van der Waals surface area (Å²) in [6.45, 7) is 0.551. The van der Waals surface area contributed by atoms with E-state index < -0.39 is 9.71 Å². The minimum Gasteiger partial charge on any atom is -0.381 e. The highest BCUT2D eigenvalue weighted by molar-refractivity contribution is 7.98. The van der Waals surface area contributed by atoms with E-state index >= 15 is 0 Å². The maximum absolute atomic E-state index is 11.9. The summed E-state index contributed by atoms with van der Waals surface area (Å²) in [5.74, 6) is 4.20. The van der Waals surface area contributed by atoms with Crippen molar-refractivity contribution in [3.8, 4) is 0 Å². The molecule has 0 radical (unpaired) electrons. The van der Waals surface area contributed by atoms with Crippen LogP contribution in [0.2, 0.25) is 0 Å². The van der Waals surface area contributed by atoms with Crippen LogP contribution in [0.25, 0.3) is 10.9 Å². The zero-order chi connectivity index (χ0) is 19.6. The number of fused-ring (bicyclic) bond motifs is 1. The van der Waals surface area contributed by atoms with Crippen LogP contribution in [0.5, 0.6) is 0 Å². The second-order valence-electron chi connectivity index (χ2n) is 6.05. The molecule has 2 aromatic heterocycles. The molecule has 10 heteroatoms. The van der Waals surface area contributed by atoms with Crippen molar-refractivity contribution in [3.05, 3.63) is 59.9 Å². The van der Waals surface area contributed by atoms with Gasteiger partial charge in [0.25, 0.3) is 0 Å². The molecule has 4 aromatic rings.